The van der Waals surface area contributed by atoms with Crippen molar-refractivity contribution in [2.75, 3.05) is 11.9 Å². The smallest absolute Gasteiger partial charge is 0.126 e. The summed E-state index contributed by atoms with van der Waals surface area (Å²) in [5.74, 6) is 0.883. The van der Waals surface area contributed by atoms with E-state index in [-0.39, 0.29) is 18.1 Å². The van der Waals surface area contributed by atoms with Crippen molar-refractivity contribution in [1.82, 2.24) is 4.98 Å². The number of rotatable bonds is 4. The molecular weight excluding hydrogens is 200 g/mol. The van der Waals surface area contributed by atoms with E-state index in [1.165, 1.54) is 5.56 Å². The number of aliphatic hydroxyl groups excluding tert-OH is 1. The van der Waals surface area contributed by atoms with Gasteiger partial charge in [0, 0.05) is 18.8 Å². The highest BCUT2D eigenvalue weighted by Gasteiger charge is 2.24. The zero-order valence-corrected chi connectivity index (χ0v) is 10.6. The molecule has 16 heavy (non-hydrogen) atoms. The SMILES string of the molecule is Cc1ccnc(NC(CCO)C(C)(C)C)c1. The Morgan fingerprint density at radius 1 is 1.44 bits per heavy atom. The summed E-state index contributed by atoms with van der Waals surface area (Å²) in [5.41, 5.74) is 1.29. The average molecular weight is 222 g/mol. The van der Waals surface area contributed by atoms with E-state index >= 15 is 0 Å². The van der Waals surface area contributed by atoms with Crippen LogP contribution in [0, 0.1) is 12.3 Å². The van der Waals surface area contributed by atoms with E-state index in [9.17, 15) is 0 Å². The molecule has 0 saturated carbocycles. The molecule has 0 bridgehead atoms. The fourth-order valence-electron chi connectivity index (χ4n) is 1.64. The average Bonchev–Trinajstić information content (AvgIpc) is 2.16. The maximum atomic E-state index is 9.07. The van der Waals surface area contributed by atoms with Crippen LogP contribution in [0.2, 0.25) is 0 Å². The molecule has 0 aliphatic heterocycles. The zero-order chi connectivity index (χ0) is 12.2. The normalized spacial score (nSPS) is 13.6. The van der Waals surface area contributed by atoms with Crippen molar-refractivity contribution in [2.24, 2.45) is 5.41 Å². The molecule has 0 aliphatic carbocycles. The van der Waals surface area contributed by atoms with E-state index in [4.69, 9.17) is 5.11 Å². The van der Waals surface area contributed by atoms with Gasteiger partial charge in [0.2, 0.25) is 0 Å². The lowest BCUT2D eigenvalue weighted by Gasteiger charge is -2.31. The molecule has 0 aromatic carbocycles. The van der Waals surface area contributed by atoms with E-state index in [1.54, 1.807) is 6.20 Å². The molecule has 0 saturated heterocycles. The van der Waals surface area contributed by atoms with Crippen LogP contribution in [0.4, 0.5) is 5.82 Å². The van der Waals surface area contributed by atoms with Crippen LogP contribution < -0.4 is 5.32 Å². The van der Waals surface area contributed by atoms with E-state index < -0.39 is 0 Å². The highest BCUT2D eigenvalue weighted by atomic mass is 16.3. The summed E-state index contributed by atoms with van der Waals surface area (Å²) in [5, 5.41) is 12.5. The summed E-state index contributed by atoms with van der Waals surface area (Å²) < 4.78 is 0. The fourth-order valence-corrected chi connectivity index (χ4v) is 1.64. The highest BCUT2D eigenvalue weighted by Crippen LogP contribution is 2.24. The van der Waals surface area contributed by atoms with Crippen molar-refractivity contribution in [3.8, 4) is 0 Å². The Kier molecular flexibility index (Phi) is 4.30. The molecule has 1 rings (SSSR count). The third-order valence-electron chi connectivity index (χ3n) is 2.70. The molecule has 0 spiro atoms. The Morgan fingerprint density at radius 3 is 2.62 bits per heavy atom. The second kappa shape index (κ2) is 5.30. The van der Waals surface area contributed by atoms with Crippen LogP contribution in [0.1, 0.15) is 32.8 Å². The van der Waals surface area contributed by atoms with Gasteiger partial charge in [0.25, 0.3) is 0 Å². The lowest BCUT2D eigenvalue weighted by atomic mass is 9.85. The third-order valence-corrected chi connectivity index (χ3v) is 2.70. The molecule has 3 heteroatoms. The largest absolute Gasteiger partial charge is 0.396 e. The summed E-state index contributed by atoms with van der Waals surface area (Å²) in [6.07, 6.45) is 2.54. The van der Waals surface area contributed by atoms with E-state index in [0.29, 0.717) is 0 Å². The Hall–Kier alpha value is -1.09. The van der Waals surface area contributed by atoms with Crippen molar-refractivity contribution in [3.63, 3.8) is 0 Å². The number of hydrogen-bond donors (Lipinski definition) is 2. The third kappa shape index (κ3) is 3.81. The number of nitrogens with one attached hydrogen (secondary N) is 1. The number of nitrogens with zero attached hydrogens (tertiary/aromatic N) is 1. The summed E-state index contributed by atoms with van der Waals surface area (Å²) >= 11 is 0. The van der Waals surface area contributed by atoms with Gasteiger partial charge >= 0.3 is 0 Å². The lowest BCUT2D eigenvalue weighted by molar-refractivity contribution is 0.235. The first kappa shape index (κ1) is 13.0. The Bertz CT molecular complexity index is 331. The molecule has 0 radical (unpaired) electrons. The first-order chi connectivity index (χ1) is 7.43. The lowest BCUT2D eigenvalue weighted by Crippen LogP contribution is -2.35. The van der Waals surface area contributed by atoms with Gasteiger partial charge in [-0.05, 0) is 36.5 Å². The number of aryl methyl sites for hydroxylation is 1. The molecule has 1 aromatic rings. The van der Waals surface area contributed by atoms with Crippen LogP contribution >= 0.6 is 0 Å². The van der Waals surface area contributed by atoms with E-state index in [1.807, 2.05) is 19.1 Å². The molecule has 0 amide bonds. The zero-order valence-electron chi connectivity index (χ0n) is 10.6. The van der Waals surface area contributed by atoms with Crippen molar-refractivity contribution in [2.45, 2.75) is 40.2 Å². The Labute approximate surface area is 97.9 Å². The molecule has 0 aliphatic rings. The van der Waals surface area contributed by atoms with Crippen molar-refractivity contribution in [1.29, 1.82) is 0 Å². The van der Waals surface area contributed by atoms with Crippen molar-refractivity contribution >= 4 is 5.82 Å². The Morgan fingerprint density at radius 2 is 2.12 bits per heavy atom. The van der Waals surface area contributed by atoms with Crippen LogP contribution in [-0.4, -0.2) is 22.7 Å². The number of aromatic nitrogens is 1. The molecule has 90 valence electrons. The second-order valence-corrected chi connectivity index (χ2v) is 5.29. The van der Waals surface area contributed by atoms with Crippen molar-refractivity contribution < 1.29 is 5.11 Å². The van der Waals surface area contributed by atoms with Gasteiger partial charge in [-0.25, -0.2) is 4.98 Å². The maximum absolute atomic E-state index is 9.07. The van der Waals surface area contributed by atoms with Gasteiger partial charge in [-0.2, -0.15) is 0 Å². The van der Waals surface area contributed by atoms with Crippen LogP contribution in [-0.2, 0) is 0 Å². The summed E-state index contributed by atoms with van der Waals surface area (Å²) in [7, 11) is 0. The molecular formula is C13H22N2O. The molecule has 1 heterocycles. The van der Waals surface area contributed by atoms with Gasteiger partial charge in [-0.15, -0.1) is 0 Å². The predicted molar refractivity (Wildman–Crippen MR) is 67.5 cm³/mol. The summed E-state index contributed by atoms with van der Waals surface area (Å²) in [6, 6.07) is 4.23. The second-order valence-electron chi connectivity index (χ2n) is 5.29. The topological polar surface area (TPSA) is 45.2 Å². The minimum Gasteiger partial charge on any atom is -0.396 e. The van der Waals surface area contributed by atoms with Gasteiger partial charge in [0.05, 0.1) is 0 Å². The number of pyridine rings is 1. The number of hydrogen-bond acceptors (Lipinski definition) is 3. The molecule has 1 atom stereocenters. The van der Waals surface area contributed by atoms with Crippen LogP contribution in [0.25, 0.3) is 0 Å². The molecule has 3 nitrogen and oxygen atoms in total. The predicted octanol–water partition coefficient (Wildman–Crippen LogP) is 2.60. The molecule has 1 aromatic heterocycles. The monoisotopic (exact) mass is 222 g/mol. The minimum atomic E-state index is 0.105. The minimum absolute atomic E-state index is 0.105. The first-order valence-electron chi connectivity index (χ1n) is 5.73. The summed E-state index contributed by atoms with van der Waals surface area (Å²) in [4.78, 5) is 4.28. The molecule has 0 fully saturated rings. The van der Waals surface area contributed by atoms with E-state index in [2.05, 4.69) is 31.1 Å². The quantitative estimate of drug-likeness (QED) is 0.823. The van der Waals surface area contributed by atoms with Gasteiger partial charge in [0.15, 0.2) is 0 Å². The Balaban J connectivity index is 2.76. The number of anilines is 1. The van der Waals surface area contributed by atoms with Gasteiger partial charge in [-0.1, -0.05) is 20.8 Å². The van der Waals surface area contributed by atoms with Crippen LogP contribution in [0.15, 0.2) is 18.3 Å². The first-order valence-corrected chi connectivity index (χ1v) is 5.73. The van der Waals surface area contributed by atoms with Gasteiger partial charge in [0.1, 0.15) is 5.82 Å². The van der Waals surface area contributed by atoms with Crippen LogP contribution in [0.5, 0.6) is 0 Å². The highest BCUT2D eigenvalue weighted by molar-refractivity contribution is 5.38. The fraction of sp³-hybridized carbons (Fsp3) is 0.615. The van der Waals surface area contributed by atoms with Gasteiger partial charge in [-0.3, -0.25) is 0 Å². The maximum Gasteiger partial charge on any atom is 0.126 e. The molecule has 1 unspecified atom stereocenters. The van der Waals surface area contributed by atoms with E-state index in [0.717, 1.165) is 12.2 Å². The molecule has 2 N–H and O–H groups in total. The van der Waals surface area contributed by atoms with Crippen LogP contribution in [0.3, 0.4) is 0 Å². The van der Waals surface area contributed by atoms with Crippen molar-refractivity contribution in [3.05, 3.63) is 23.9 Å². The van der Waals surface area contributed by atoms with Gasteiger partial charge < -0.3 is 10.4 Å². The summed E-state index contributed by atoms with van der Waals surface area (Å²) in [6.45, 7) is 8.73. The standard InChI is InChI=1S/C13H22N2O/c1-10-5-7-14-12(9-10)15-11(6-8-16)13(2,3)4/h5,7,9,11,16H,6,8H2,1-4H3,(H,14,15). The number of aliphatic hydroxyl groups is 1.